The van der Waals surface area contributed by atoms with E-state index in [-0.39, 0.29) is 11.6 Å². The fourth-order valence-corrected chi connectivity index (χ4v) is 2.71. The van der Waals surface area contributed by atoms with Gasteiger partial charge in [0.2, 0.25) is 5.56 Å². The van der Waals surface area contributed by atoms with Gasteiger partial charge in [0.1, 0.15) is 0 Å². The van der Waals surface area contributed by atoms with Crippen molar-refractivity contribution in [1.29, 1.82) is 0 Å². The molecule has 5 heteroatoms. The first-order valence-corrected chi connectivity index (χ1v) is 7.39. The quantitative estimate of drug-likeness (QED) is 0.742. The lowest BCUT2D eigenvalue weighted by atomic mass is 10.1. The summed E-state index contributed by atoms with van der Waals surface area (Å²) in [5.41, 5.74) is 2.93. The molecule has 2 heterocycles. The molecule has 0 N–H and O–H groups in total. The Morgan fingerprint density at radius 2 is 1.86 bits per heavy atom. The van der Waals surface area contributed by atoms with Crippen molar-refractivity contribution in [2.75, 3.05) is 0 Å². The van der Waals surface area contributed by atoms with Crippen molar-refractivity contribution < 1.29 is 0 Å². The van der Waals surface area contributed by atoms with Crippen LogP contribution in [-0.2, 0) is 7.05 Å². The van der Waals surface area contributed by atoms with E-state index in [2.05, 4.69) is 12.0 Å². The summed E-state index contributed by atoms with van der Waals surface area (Å²) in [7, 11) is 1.74. The van der Waals surface area contributed by atoms with Crippen LogP contribution >= 0.6 is 11.6 Å². The summed E-state index contributed by atoms with van der Waals surface area (Å²) in [4.78, 5) is 11.5. The van der Waals surface area contributed by atoms with Crippen LogP contribution < -0.4 is 5.56 Å². The van der Waals surface area contributed by atoms with Crippen molar-refractivity contribution in [1.82, 2.24) is 14.3 Å². The number of rotatable bonds is 3. The number of aryl methyl sites for hydroxylation is 1. The lowest BCUT2D eigenvalue weighted by Gasteiger charge is -2.14. The molecule has 0 radical (unpaired) electrons. The Hall–Kier alpha value is -2.33. The zero-order chi connectivity index (χ0) is 15.7. The second-order valence-electron chi connectivity index (χ2n) is 5.27. The fourth-order valence-electron chi connectivity index (χ4n) is 2.42. The standard InChI is InChI=1S/C17H16ClN3O/c1-12(15-5-3-4-6-16(15)18)21-11-14(9-19-21)13-7-8-17(22)20(2)10-13/h3-12H,1-2H3. The van der Waals surface area contributed by atoms with Crippen LogP contribution in [0.1, 0.15) is 18.5 Å². The molecule has 0 bridgehead atoms. The Morgan fingerprint density at radius 3 is 2.59 bits per heavy atom. The molecule has 0 aliphatic carbocycles. The molecule has 0 saturated carbocycles. The fraction of sp³-hybridized carbons (Fsp3) is 0.176. The highest BCUT2D eigenvalue weighted by atomic mass is 35.5. The van der Waals surface area contributed by atoms with Crippen LogP contribution in [0, 0.1) is 0 Å². The number of halogens is 1. The van der Waals surface area contributed by atoms with Crippen molar-refractivity contribution >= 4 is 11.6 Å². The Kier molecular flexibility index (Phi) is 3.86. The molecule has 2 aromatic heterocycles. The van der Waals surface area contributed by atoms with Crippen molar-refractivity contribution in [3.8, 4) is 11.1 Å². The van der Waals surface area contributed by atoms with E-state index in [0.717, 1.165) is 21.7 Å². The topological polar surface area (TPSA) is 39.8 Å². The van der Waals surface area contributed by atoms with Crippen molar-refractivity contribution in [3.05, 3.63) is 75.9 Å². The largest absolute Gasteiger partial charge is 0.318 e. The number of benzene rings is 1. The van der Waals surface area contributed by atoms with Crippen LogP contribution in [0.3, 0.4) is 0 Å². The van der Waals surface area contributed by atoms with Crippen molar-refractivity contribution in [2.24, 2.45) is 7.05 Å². The smallest absolute Gasteiger partial charge is 0.250 e. The highest BCUT2D eigenvalue weighted by Crippen LogP contribution is 2.26. The molecule has 0 amide bonds. The average molecular weight is 314 g/mol. The van der Waals surface area contributed by atoms with Gasteiger partial charge in [-0.3, -0.25) is 9.48 Å². The summed E-state index contributed by atoms with van der Waals surface area (Å²) >= 11 is 6.25. The van der Waals surface area contributed by atoms with Gasteiger partial charge in [0, 0.05) is 41.7 Å². The minimum absolute atomic E-state index is 0.0272. The van der Waals surface area contributed by atoms with Gasteiger partial charge in [0.25, 0.3) is 0 Å². The van der Waals surface area contributed by atoms with Gasteiger partial charge in [0.15, 0.2) is 0 Å². The summed E-state index contributed by atoms with van der Waals surface area (Å²) in [6, 6.07) is 11.2. The predicted octanol–water partition coefficient (Wildman–Crippen LogP) is 3.51. The van der Waals surface area contributed by atoms with Gasteiger partial charge in [-0.1, -0.05) is 29.8 Å². The minimum Gasteiger partial charge on any atom is -0.318 e. The van der Waals surface area contributed by atoms with E-state index in [4.69, 9.17) is 11.6 Å². The molecule has 0 aliphatic rings. The monoisotopic (exact) mass is 313 g/mol. The molecule has 22 heavy (non-hydrogen) atoms. The van der Waals surface area contributed by atoms with Crippen molar-refractivity contribution in [2.45, 2.75) is 13.0 Å². The molecule has 4 nitrogen and oxygen atoms in total. The molecule has 3 rings (SSSR count). The van der Waals surface area contributed by atoms with Crippen LogP contribution in [0.2, 0.25) is 5.02 Å². The number of nitrogens with zero attached hydrogens (tertiary/aromatic N) is 3. The van der Waals surface area contributed by atoms with Crippen molar-refractivity contribution in [3.63, 3.8) is 0 Å². The Bertz CT molecular complexity index is 866. The molecule has 0 spiro atoms. The van der Waals surface area contributed by atoms with Gasteiger partial charge in [-0.2, -0.15) is 5.10 Å². The maximum Gasteiger partial charge on any atom is 0.250 e. The second-order valence-corrected chi connectivity index (χ2v) is 5.68. The first kappa shape index (κ1) is 14.6. The molecular weight excluding hydrogens is 298 g/mol. The zero-order valence-corrected chi connectivity index (χ0v) is 13.2. The molecule has 1 aromatic carbocycles. The Morgan fingerprint density at radius 1 is 1.09 bits per heavy atom. The maximum atomic E-state index is 11.5. The van der Waals surface area contributed by atoms with Crippen LogP contribution in [0.4, 0.5) is 0 Å². The van der Waals surface area contributed by atoms with E-state index in [1.54, 1.807) is 23.9 Å². The number of hydrogen-bond acceptors (Lipinski definition) is 2. The molecule has 1 unspecified atom stereocenters. The molecule has 3 aromatic rings. The Labute approximate surface area is 133 Å². The minimum atomic E-state index is -0.0272. The lowest BCUT2D eigenvalue weighted by molar-refractivity contribution is 0.565. The summed E-state index contributed by atoms with van der Waals surface area (Å²) in [6.45, 7) is 2.05. The first-order valence-electron chi connectivity index (χ1n) is 7.02. The summed E-state index contributed by atoms with van der Waals surface area (Å²) in [6.07, 6.45) is 5.57. The lowest BCUT2D eigenvalue weighted by Crippen LogP contribution is -2.13. The highest BCUT2D eigenvalue weighted by molar-refractivity contribution is 6.31. The molecular formula is C17H16ClN3O. The van der Waals surface area contributed by atoms with Crippen LogP contribution in [-0.4, -0.2) is 14.3 Å². The number of aromatic nitrogens is 3. The highest BCUT2D eigenvalue weighted by Gasteiger charge is 2.13. The van der Waals surface area contributed by atoms with E-state index in [9.17, 15) is 4.79 Å². The first-order chi connectivity index (χ1) is 10.6. The normalized spacial score (nSPS) is 12.3. The predicted molar refractivity (Wildman–Crippen MR) is 88.2 cm³/mol. The molecule has 0 saturated heterocycles. The maximum absolute atomic E-state index is 11.5. The third-order valence-corrected chi connectivity index (χ3v) is 4.12. The molecule has 0 aliphatic heterocycles. The summed E-state index contributed by atoms with van der Waals surface area (Å²) in [5, 5.41) is 5.16. The van der Waals surface area contributed by atoms with E-state index in [0.29, 0.717) is 0 Å². The third-order valence-electron chi connectivity index (χ3n) is 3.77. The Balaban J connectivity index is 1.95. The van der Waals surface area contributed by atoms with E-state index in [1.165, 1.54) is 0 Å². The van der Waals surface area contributed by atoms with Crippen LogP contribution in [0.25, 0.3) is 11.1 Å². The van der Waals surface area contributed by atoms with Gasteiger partial charge in [-0.25, -0.2) is 0 Å². The van der Waals surface area contributed by atoms with Gasteiger partial charge >= 0.3 is 0 Å². The van der Waals surface area contributed by atoms with Crippen LogP contribution in [0.5, 0.6) is 0 Å². The number of pyridine rings is 1. The summed E-state index contributed by atoms with van der Waals surface area (Å²) in [5.74, 6) is 0. The average Bonchev–Trinajstić information content (AvgIpc) is 3.00. The zero-order valence-electron chi connectivity index (χ0n) is 12.4. The van der Waals surface area contributed by atoms with Gasteiger partial charge in [-0.15, -0.1) is 0 Å². The second kappa shape index (κ2) is 5.81. The SMILES string of the molecule is CC(c1ccccc1Cl)n1cc(-c2ccc(=O)n(C)c2)cn1. The number of hydrogen-bond donors (Lipinski definition) is 0. The van der Waals surface area contributed by atoms with Gasteiger partial charge in [-0.05, 0) is 24.6 Å². The van der Waals surface area contributed by atoms with E-state index < -0.39 is 0 Å². The van der Waals surface area contributed by atoms with Crippen LogP contribution in [0.15, 0.2) is 59.8 Å². The van der Waals surface area contributed by atoms with E-state index in [1.807, 2.05) is 47.4 Å². The summed E-state index contributed by atoms with van der Waals surface area (Å²) < 4.78 is 3.44. The third kappa shape index (κ3) is 2.70. The molecule has 0 fully saturated rings. The molecule has 112 valence electrons. The van der Waals surface area contributed by atoms with E-state index >= 15 is 0 Å². The van der Waals surface area contributed by atoms with Gasteiger partial charge < -0.3 is 4.57 Å². The molecule has 1 atom stereocenters. The van der Waals surface area contributed by atoms with Gasteiger partial charge in [0.05, 0.1) is 12.2 Å².